The number of methoxy groups -OCH3 is 1. The molecule has 1 atom stereocenters. The van der Waals surface area contributed by atoms with Gasteiger partial charge >= 0.3 is 0 Å². The number of rotatable bonds is 6. The fourth-order valence-corrected chi connectivity index (χ4v) is 2.17. The Morgan fingerprint density at radius 2 is 1.86 bits per heavy atom. The van der Waals surface area contributed by atoms with E-state index >= 15 is 0 Å². The molecule has 0 heterocycles. The topological polar surface area (TPSA) is 30.5 Å². The largest absolute Gasteiger partial charge is 0.405 e. The molecule has 1 N–H and O–H groups in total. The van der Waals surface area contributed by atoms with Crippen molar-refractivity contribution in [2.75, 3.05) is 20.3 Å². The Morgan fingerprint density at radius 1 is 1.29 bits per heavy atom. The summed E-state index contributed by atoms with van der Waals surface area (Å²) in [5.41, 5.74) is 0.144. The molecular formula is C10H25NO2Si. The van der Waals surface area contributed by atoms with Crippen LogP contribution in [0.3, 0.4) is 0 Å². The van der Waals surface area contributed by atoms with Crippen LogP contribution in [0.4, 0.5) is 0 Å². The third-order valence-corrected chi connectivity index (χ3v) is 2.65. The van der Waals surface area contributed by atoms with Crippen molar-refractivity contribution in [2.24, 2.45) is 5.41 Å². The van der Waals surface area contributed by atoms with Gasteiger partial charge < -0.3 is 9.16 Å². The smallest absolute Gasteiger partial charge is 0.173 e. The highest BCUT2D eigenvalue weighted by Crippen LogP contribution is 2.20. The van der Waals surface area contributed by atoms with Crippen molar-refractivity contribution >= 4 is 9.04 Å². The molecule has 0 aromatic carbocycles. The van der Waals surface area contributed by atoms with Gasteiger partial charge in [0.1, 0.15) is 6.23 Å². The summed E-state index contributed by atoms with van der Waals surface area (Å²) in [6, 6.07) is 0. The molecule has 0 unspecified atom stereocenters. The highest BCUT2D eigenvalue weighted by Gasteiger charge is 2.25. The van der Waals surface area contributed by atoms with Crippen molar-refractivity contribution in [1.82, 2.24) is 5.32 Å². The second-order valence-electron chi connectivity index (χ2n) is 4.88. The van der Waals surface area contributed by atoms with Crippen molar-refractivity contribution in [3.8, 4) is 0 Å². The molecule has 0 aromatic heterocycles. The summed E-state index contributed by atoms with van der Waals surface area (Å²) in [5, 5.41) is 3.38. The van der Waals surface area contributed by atoms with Gasteiger partial charge in [0, 0.05) is 19.1 Å². The van der Waals surface area contributed by atoms with E-state index in [2.05, 4.69) is 39.2 Å². The Kier molecular flexibility index (Phi) is 6.60. The van der Waals surface area contributed by atoms with Crippen molar-refractivity contribution < 1.29 is 9.16 Å². The first-order valence-corrected chi connectivity index (χ1v) is 8.03. The van der Waals surface area contributed by atoms with E-state index < -0.39 is 9.04 Å². The number of hydrogen-bond donors (Lipinski definition) is 1. The summed E-state index contributed by atoms with van der Waals surface area (Å²) in [7, 11) is 0.731. The zero-order chi connectivity index (χ0) is 11.2. The van der Waals surface area contributed by atoms with Gasteiger partial charge in [-0.3, -0.25) is 5.32 Å². The van der Waals surface area contributed by atoms with E-state index in [-0.39, 0.29) is 11.6 Å². The first kappa shape index (κ1) is 14.1. The molecule has 0 aliphatic rings. The molecule has 4 heteroatoms. The maximum atomic E-state index is 5.93. The van der Waals surface area contributed by atoms with E-state index in [9.17, 15) is 0 Å². The lowest BCUT2D eigenvalue weighted by molar-refractivity contribution is 0.0484. The molecule has 0 rings (SSSR count). The van der Waals surface area contributed by atoms with Crippen molar-refractivity contribution in [3.63, 3.8) is 0 Å². The summed E-state index contributed by atoms with van der Waals surface area (Å²) in [6.07, 6.45) is 0.143. The lowest BCUT2D eigenvalue weighted by Crippen LogP contribution is -2.45. The Morgan fingerprint density at radius 3 is 2.21 bits per heavy atom. The normalized spacial score (nSPS) is 14.8. The maximum Gasteiger partial charge on any atom is 0.173 e. The highest BCUT2D eigenvalue weighted by atomic mass is 28.3. The van der Waals surface area contributed by atoms with Crippen LogP contribution in [0, 0.1) is 5.41 Å². The van der Waals surface area contributed by atoms with E-state index in [1.807, 2.05) is 0 Å². The van der Waals surface area contributed by atoms with Crippen LogP contribution >= 0.6 is 0 Å². The summed E-state index contributed by atoms with van der Waals surface area (Å²) in [6.45, 7) is 12.5. The van der Waals surface area contributed by atoms with E-state index in [1.165, 1.54) is 0 Å². The highest BCUT2D eigenvalue weighted by molar-refractivity contribution is 6.48. The van der Waals surface area contributed by atoms with Crippen LogP contribution in [0.1, 0.15) is 20.8 Å². The second-order valence-corrected chi connectivity index (χ2v) is 7.25. The number of nitrogens with one attached hydrogen (secondary N) is 1. The lowest BCUT2D eigenvalue weighted by Gasteiger charge is -2.33. The molecule has 0 aliphatic heterocycles. The van der Waals surface area contributed by atoms with Gasteiger partial charge in [-0.15, -0.1) is 0 Å². The molecule has 0 radical (unpaired) electrons. The summed E-state index contributed by atoms with van der Waals surface area (Å²) >= 11 is 0. The van der Waals surface area contributed by atoms with Crippen LogP contribution in [0.25, 0.3) is 0 Å². The Balaban J connectivity index is 3.99. The summed E-state index contributed by atoms with van der Waals surface area (Å²) in [4.78, 5) is 0. The SMILES string of the molecule is COCCN[C@H](O[SiH](C)C)C(C)(C)C. The fraction of sp³-hybridized carbons (Fsp3) is 1.00. The van der Waals surface area contributed by atoms with Gasteiger partial charge in [0.2, 0.25) is 0 Å². The van der Waals surface area contributed by atoms with Crippen LogP contribution in [0.2, 0.25) is 13.1 Å². The van der Waals surface area contributed by atoms with E-state index in [0.717, 1.165) is 13.2 Å². The van der Waals surface area contributed by atoms with E-state index in [1.54, 1.807) is 7.11 Å². The Bertz CT molecular complexity index is 146. The molecule has 0 aromatic rings. The molecule has 0 aliphatic carbocycles. The van der Waals surface area contributed by atoms with Gasteiger partial charge in [0.05, 0.1) is 6.61 Å². The monoisotopic (exact) mass is 219 g/mol. The molecule has 86 valence electrons. The average Bonchev–Trinajstić information content (AvgIpc) is 2.00. The minimum atomic E-state index is -0.983. The van der Waals surface area contributed by atoms with E-state index in [4.69, 9.17) is 9.16 Å². The predicted molar refractivity (Wildman–Crippen MR) is 63.1 cm³/mol. The van der Waals surface area contributed by atoms with Crippen LogP contribution in [-0.4, -0.2) is 35.5 Å². The minimum Gasteiger partial charge on any atom is -0.405 e. The molecule has 3 nitrogen and oxygen atoms in total. The molecule has 0 fully saturated rings. The zero-order valence-electron chi connectivity index (χ0n) is 10.4. The second kappa shape index (κ2) is 6.56. The molecule has 0 saturated heterocycles. The van der Waals surface area contributed by atoms with Crippen LogP contribution in [0.15, 0.2) is 0 Å². The van der Waals surface area contributed by atoms with Gasteiger partial charge in [0.25, 0.3) is 0 Å². The molecule has 0 amide bonds. The Labute approximate surface area is 89.9 Å². The van der Waals surface area contributed by atoms with Crippen molar-refractivity contribution in [2.45, 2.75) is 40.1 Å². The van der Waals surface area contributed by atoms with Gasteiger partial charge in [-0.2, -0.15) is 0 Å². The standard InChI is InChI=1S/C10H25NO2Si/c1-10(2,3)9(13-14(5)6)11-7-8-12-4/h9,11,14H,7-8H2,1-6H3/t9-/m1/s1. The Hall–Kier alpha value is 0.0969. The first-order chi connectivity index (χ1) is 6.38. The minimum absolute atomic E-state index is 0.143. The first-order valence-electron chi connectivity index (χ1n) is 5.25. The van der Waals surface area contributed by atoms with Crippen LogP contribution in [-0.2, 0) is 9.16 Å². The van der Waals surface area contributed by atoms with Crippen molar-refractivity contribution in [1.29, 1.82) is 0 Å². The number of hydrogen-bond acceptors (Lipinski definition) is 3. The molecule has 0 saturated carbocycles. The van der Waals surface area contributed by atoms with Crippen LogP contribution in [0.5, 0.6) is 0 Å². The average molecular weight is 219 g/mol. The van der Waals surface area contributed by atoms with Crippen molar-refractivity contribution in [3.05, 3.63) is 0 Å². The fourth-order valence-electron chi connectivity index (χ4n) is 1.12. The summed E-state index contributed by atoms with van der Waals surface area (Å²) < 4.78 is 10.9. The zero-order valence-corrected chi connectivity index (χ0v) is 11.5. The van der Waals surface area contributed by atoms with Crippen LogP contribution < -0.4 is 5.32 Å². The van der Waals surface area contributed by atoms with Gasteiger partial charge in [-0.25, -0.2) is 0 Å². The molecular weight excluding hydrogens is 194 g/mol. The maximum absolute atomic E-state index is 5.93. The third-order valence-electron chi connectivity index (χ3n) is 1.83. The quantitative estimate of drug-likeness (QED) is 0.418. The number of ether oxygens (including phenoxy) is 1. The predicted octanol–water partition coefficient (Wildman–Crippen LogP) is 1.59. The van der Waals surface area contributed by atoms with Gasteiger partial charge in [0.15, 0.2) is 9.04 Å². The molecule has 0 spiro atoms. The molecule has 14 heavy (non-hydrogen) atoms. The van der Waals surface area contributed by atoms with Gasteiger partial charge in [-0.1, -0.05) is 20.8 Å². The van der Waals surface area contributed by atoms with E-state index in [0.29, 0.717) is 0 Å². The third kappa shape index (κ3) is 6.54. The van der Waals surface area contributed by atoms with Gasteiger partial charge in [-0.05, 0) is 13.1 Å². The molecule has 0 bridgehead atoms. The summed E-state index contributed by atoms with van der Waals surface area (Å²) in [5.74, 6) is 0. The lowest BCUT2D eigenvalue weighted by atomic mass is 9.94.